The van der Waals surface area contributed by atoms with Crippen LogP contribution in [-0.2, 0) is 0 Å². The van der Waals surface area contributed by atoms with Crippen LogP contribution in [0.5, 0.6) is 0 Å². The summed E-state index contributed by atoms with van der Waals surface area (Å²) in [4.78, 5) is 2.52. The third kappa shape index (κ3) is 1.82. The van der Waals surface area contributed by atoms with E-state index in [9.17, 15) is 5.11 Å². The van der Waals surface area contributed by atoms with E-state index in [-0.39, 0.29) is 5.60 Å². The van der Waals surface area contributed by atoms with Crippen LogP contribution in [-0.4, -0.2) is 34.7 Å². The van der Waals surface area contributed by atoms with Gasteiger partial charge in [0.25, 0.3) is 0 Å². The van der Waals surface area contributed by atoms with Gasteiger partial charge in [0.15, 0.2) is 0 Å². The van der Waals surface area contributed by atoms with Crippen molar-refractivity contribution in [1.29, 1.82) is 0 Å². The Hall–Kier alpha value is -0.0800. The molecule has 0 radical (unpaired) electrons. The summed E-state index contributed by atoms with van der Waals surface area (Å²) in [5, 5.41) is 10.5. The van der Waals surface area contributed by atoms with Crippen molar-refractivity contribution in [2.24, 2.45) is 5.92 Å². The smallest absolute Gasteiger partial charge is 0.0700 e. The predicted octanol–water partition coefficient (Wildman–Crippen LogP) is 2.02. The van der Waals surface area contributed by atoms with Gasteiger partial charge in [-0.2, -0.15) is 0 Å². The van der Waals surface area contributed by atoms with E-state index in [0.717, 1.165) is 25.9 Å². The van der Waals surface area contributed by atoms with Crippen LogP contribution in [0.4, 0.5) is 0 Å². The molecule has 2 nitrogen and oxygen atoms in total. The Morgan fingerprint density at radius 1 is 1.29 bits per heavy atom. The lowest BCUT2D eigenvalue weighted by Gasteiger charge is -2.48. The Bertz CT molecular complexity index is 204. The third-order valence-electron chi connectivity index (χ3n) is 4.19. The third-order valence-corrected chi connectivity index (χ3v) is 4.19. The fraction of sp³-hybridized carbons (Fsp3) is 1.00. The molecular formula is C12H23NO. The highest BCUT2D eigenvalue weighted by Crippen LogP contribution is 2.40. The minimum Gasteiger partial charge on any atom is -0.390 e. The quantitative estimate of drug-likeness (QED) is 0.695. The fourth-order valence-corrected chi connectivity index (χ4v) is 3.07. The van der Waals surface area contributed by atoms with E-state index >= 15 is 0 Å². The Kier molecular flexibility index (Phi) is 2.85. The van der Waals surface area contributed by atoms with Crippen LogP contribution in [0.15, 0.2) is 0 Å². The van der Waals surface area contributed by atoms with Crippen molar-refractivity contribution in [1.82, 2.24) is 4.90 Å². The van der Waals surface area contributed by atoms with Crippen LogP contribution in [0.2, 0.25) is 0 Å². The molecule has 1 saturated carbocycles. The van der Waals surface area contributed by atoms with Gasteiger partial charge in [-0.3, -0.25) is 0 Å². The first kappa shape index (κ1) is 10.4. The normalized spacial score (nSPS) is 39.9. The van der Waals surface area contributed by atoms with Gasteiger partial charge in [-0.1, -0.05) is 12.8 Å². The van der Waals surface area contributed by atoms with Gasteiger partial charge in [0, 0.05) is 25.0 Å². The molecule has 14 heavy (non-hydrogen) atoms. The van der Waals surface area contributed by atoms with Gasteiger partial charge in [-0.25, -0.2) is 0 Å². The topological polar surface area (TPSA) is 23.5 Å². The van der Waals surface area contributed by atoms with Crippen molar-refractivity contribution in [2.45, 2.75) is 57.6 Å². The van der Waals surface area contributed by atoms with Crippen LogP contribution in [0.1, 0.15) is 46.0 Å². The first-order valence-corrected chi connectivity index (χ1v) is 6.08. The SMILES string of the molecule is CC(C)N1CCC2(O)CCCCC2C1. The molecule has 82 valence electrons. The highest BCUT2D eigenvalue weighted by Gasteiger charge is 2.42. The number of hydrogen-bond acceptors (Lipinski definition) is 2. The molecule has 2 fully saturated rings. The fourth-order valence-electron chi connectivity index (χ4n) is 3.07. The highest BCUT2D eigenvalue weighted by atomic mass is 16.3. The van der Waals surface area contributed by atoms with Crippen molar-refractivity contribution in [3.63, 3.8) is 0 Å². The standard InChI is InChI=1S/C12H23NO/c1-10(2)13-8-7-12(14)6-4-3-5-11(12)9-13/h10-11,14H,3-9H2,1-2H3. The first-order valence-electron chi connectivity index (χ1n) is 6.08. The summed E-state index contributed by atoms with van der Waals surface area (Å²) in [5.74, 6) is 0.549. The zero-order valence-electron chi connectivity index (χ0n) is 9.50. The van der Waals surface area contributed by atoms with Crippen LogP contribution >= 0.6 is 0 Å². The molecular weight excluding hydrogens is 174 g/mol. The Morgan fingerprint density at radius 2 is 2.07 bits per heavy atom. The molecule has 2 aliphatic rings. The maximum Gasteiger partial charge on any atom is 0.0700 e. The van der Waals surface area contributed by atoms with Gasteiger partial charge in [0.2, 0.25) is 0 Å². The molecule has 0 aromatic rings. The van der Waals surface area contributed by atoms with Crippen molar-refractivity contribution in [3.8, 4) is 0 Å². The molecule has 0 aromatic carbocycles. The number of aliphatic hydroxyl groups is 1. The second kappa shape index (κ2) is 3.82. The van der Waals surface area contributed by atoms with E-state index in [0.29, 0.717) is 12.0 Å². The molecule has 2 rings (SSSR count). The number of piperidine rings is 1. The molecule has 0 spiro atoms. The minimum absolute atomic E-state index is 0.302. The number of fused-ring (bicyclic) bond motifs is 1. The van der Waals surface area contributed by atoms with Crippen molar-refractivity contribution in [3.05, 3.63) is 0 Å². The molecule has 2 unspecified atom stereocenters. The monoisotopic (exact) mass is 197 g/mol. The summed E-state index contributed by atoms with van der Waals surface area (Å²) in [7, 11) is 0. The molecule has 0 bridgehead atoms. The zero-order chi connectivity index (χ0) is 10.2. The van der Waals surface area contributed by atoms with Crippen LogP contribution < -0.4 is 0 Å². The molecule has 1 saturated heterocycles. The summed E-state index contributed by atoms with van der Waals surface area (Å²) >= 11 is 0. The van der Waals surface area contributed by atoms with Gasteiger partial charge in [0.1, 0.15) is 0 Å². The zero-order valence-corrected chi connectivity index (χ0v) is 9.50. The Balaban J connectivity index is 2.02. The molecule has 0 aromatic heterocycles. The van der Waals surface area contributed by atoms with Gasteiger partial charge in [-0.05, 0) is 33.1 Å². The molecule has 2 atom stereocenters. The molecule has 0 amide bonds. The Labute approximate surface area is 87.3 Å². The summed E-state index contributed by atoms with van der Waals surface area (Å²) in [6.07, 6.45) is 5.83. The second-order valence-corrected chi connectivity index (χ2v) is 5.38. The lowest BCUT2D eigenvalue weighted by atomic mass is 9.71. The van der Waals surface area contributed by atoms with E-state index in [4.69, 9.17) is 0 Å². The highest BCUT2D eigenvalue weighted by molar-refractivity contribution is 4.96. The molecule has 2 heteroatoms. The lowest BCUT2D eigenvalue weighted by molar-refractivity contribution is -0.100. The van der Waals surface area contributed by atoms with E-state index < -0.39 is 0 Å². The summed E-state index contributed by atoms with van der Waals surface area (Å²) < 4.78 is 0. The number of likely N-dealkylation sites (tertiary alicyclic amines) is 1. The minimum atomic E-state index is -0.302. The average molecular weight is 197 g/mol. The van der Waals surface area contributed by atoms with Crippen molar-refractivity contribution >= 4 is 0 Å². The molecule has 1 heterocycles. The van der Waals surface area contributed by atoms with Crippen LogP contribution in [0.25, 0.3) is 0 Å². The number of hydrogen-bond donors (Lipinski definition) is 1. The van der Waals surface area contributed by atoms with Gasteiger partial charge in [0.05, 0.1) is 5.60 Å². The predicted molar refractivity (Wildman–Crippen MR) is 58.2 cm³/mol. The summed E-state index contributed by atoms with van der Waals surface area (Å²) in [6.45, 7) is 6.72. The van der Waals surface area contributed by atoms with Gasteiger partial charge < -0.3 is 10.0 Å². The van der Waals surface area contributed by atoms with E-state index in [1.807, 2.05) is 0 Å². The molecule has 1 aliphatic carbocycles. The van der Waals surface area contributed by atoms with E-state index in [2.05, 4.69) is 18.7 Å². The van der Waals surface area contributed by atoms with Gasteiger partial charge >= 0.3 is 0 Å². The largest absolute Gasteiger partial charge is 0.390 e. The van der Waals surface area contributed by atoms with E-state index in [1.165, 1.54) is 19.3 Å². The van der Waals surface area contributed by atoms with Crippen molar-refractivity contribution in [2.75, 3.05) is 13.1 Å². The second-order valence-electron chi connectivity index (χ2n) is 5.38. The molecule has 1 aliphatic heterocycles. The average Bonchev–Trinajstić information content (AvgIpc) is 2.16. The lowest BCUT2D eigenvalue weighted by Crippen LogP contribution is -2.54. The first-order chi connectivity index (χ1) is 6.62. The Morgan fingerprint density at radius 3 is 2.79 bits per heavy atom. The summed E-state index contributed by atoms with van der Waals surface area (Å²) in [5.41, 5.74) is -0.302. The van der Waals surface area contributed by atoms with E-state index in [1.54, 1.807) is 0 Å². The summed E-state index contributed by atoms with van der Waals surface area (Å²) in [6, 6.07) is 0.640. The van der Waals surface area contributed by atoms with Crippen molar-refractivity contribution < 1.29 is 5.11 Å². The number of rotatable bonds is 1. The maximum atomic E-state index is 10.5. The van der Waals surface area contributed by atoms with Gasteiger partial charge in [-0.15, -0.1) is 0 Å². The van der Waals surface area contributed by atoms with Crippen LogP contribution in [0.3, 0.4) is 0 Å². The number of nitrogens with zero attached hydrogens (tertiary/aromatic N) is 1. The maximum absolute atomic E-state index is 10.5. The van der Waals surface area contributed by atoms with Crippen LogP contribution in [0, 0.1) is 5.92 Å². The molecule has 1 N–H and O–H groups in total.